The molecule has 2 heterocycles. The molecule has 4 nitrogen and oxygen atoms in total. The molecule has 0 aromatic carbocycles. The molecule has 2 rings (SSSR count). The largest absolute Gasteiger partial charge is 0.381 e. The number of likely N-dealkylation sites (tertiary alicyclic amines) is 1. The van der Waals surface area contributed by atoms with Gasteiger partial charge in [-0.25, -0.2) is 0 Å². The summed E-state index contributed by atoms with van der Waals surface area (Å²) < 4.78 is 5.54. The van der Waals surface area contributed by atoms with Gasteiger partial charge in [0.15, 0.2) is 0 Å². The molecule has 0 aromatic rings. The molecule has 2 unspecified atom stereocenters. The lowest BCUT2D eigenvalue weighted by Crippen LogP contribution is -2.48. The summed E-state index contributed by atoms with van der Waals surface area (Å²) in [6.45, 7) is 5.26. The van der Waals surface area contributed by atoms with Crippen molar-refractivity contribution in [2.45, 2.75) is 31.3 Å². The number of hydrogen-bond donors (Lipinski definition) is 1. The lowest BCUT2D eigenvalue weighted by Gasteiger charge is -2.38. The quantitative estimate of drug-likeness (QED) is 0.775. The average Bonchev–Trinajstić information content (AvgIpc) is 2.33. The number of nitrogens with zero attached hydrogens (tertiary/aromatic N) is 2. The summed E-state index contributed by atoms with van der Waals surface area (Å²) in [4.78, 5) is 4.92. The summed E-state index contributed by atoms with van der Waals surface area (Å²) >= 11 is 0. The van der Waals surface area contributed by atoms with E-state index in [4.69, 9.17) is 10.5 Å². The van der Waals surface area contributed by atoms with E-state index in [0.717, 1.165) is 32.2 Å². The maximum Gasteiger partial charge on any atom is 0.0521 e. The molecule has 2 N–H and O–H groups in total. The molecule has 17 heavy (non-hydrogen) atoms. The highest BCUT2D eigenvalue weighted by molar-refractivity contribution is 4.83. The lowest BCUT2D eigenvalue weighted by atomic mass is 9.94. The lowest BCUT2D eigenvalue weighted by molar-refractivity contribution is 0.0194. The van der Waals surface area contributed by atoms with Gasteiger partial charge in [-0.3, -0.25) is 0 Å². The van der Waals surface area contributed by atoms with E-state index in [2.05, 4.69) is 23.9 Å². The molecule has 0 amide bonds. The molecule has 4 heteroatoms. The van der Waals surface area contributed by atoms with Gasteiger partial charge in [-0.05, 0) is 46.4 Å². The minimum absolute atomic E-state index is 0.343. The Hall–Kier alpha value is -0.160. The standard InChI is InChI=1S/C13H27N3O/c1-15(2)12-3-6-16(7-4-12)9-11-10-17-8-5-13(11)14/h11-13H,3-10,14H2,1-2H3. The summed E-state index contributed by atoms with van der Waals surface area (Å²) in [6.07, 6.45) is 3.60. The van der Waals surface area contributed by atoms with Crippen molar-refractivity contribution in [3.63, 3.8) is 0 Å². The van der Waals surface area contributed by atoms with Gasteiger partial charge in [0.25, 0.3) is 0 Å². The van der Waals surface area contributed by atoms with E-state index >= 15 is 0 Å². The van der Waals surface area contributed by atoms with E-state index < -0.39 is 0 Å². The molecule has 2 aliphatic heterocycles. The van der Waals surface area contributed by atoms with Crippen LogP contribution in [0.5, 0.6) is 0 Å². The van der Waals surface area contributed by atoms with Crippen molar-refractivity contribution in [3.05, 3.63) is 0 Å². The Bertz CT molecular complexity index is 227. The van der Waals surface area contributed by atoms with Gasteiger partial charge in [0.2, 0.25) is 0 Å². The second kappa shape index (κ2) is 6.14. The fourth-order valence-electron chi connectivity index (χ4n) is 2.95. The van der Waals surface area contributed by atoms with Crippen molar-refractivity contribution >= 4 is 0 Å². The molecule has 2 atom stereocenters. The van der Waals surface area contributed by atoms with Crippen LogP contribution in [0.4, 0.5) is 0 Å². The van der Waals surface area contributed by atoms with Crippen molar-refractivity contribution in [1.29, 1.82) is 0 Å². The van der Waals surface area contributed by atoms with Gasteiger partial charge in [-0.2, -0.15) is 0 Å². The Morgan fingerprint density at radius 1 is 1.24 bits per heavy atom. The van der Waals surface area contributed by atoms with Gasteiger partial charge in [-0.15, -0.1) is 0 Å². The first-order valence-electron chi connectivity index (χ1n) is 6.89. The van der Waals surface area contributed by atoms with Crippen LogP contribution in [0.25, 0.3) is 0 Å². The zero-order valence-corrected chi connectivity index (χ0v) is 11.3. The van der Waals surface area contributed by atoms with Crippen molar-refractivity contribution in [1.82, 2.24) is 9.80 Å². The van der Waals surface area contributed by atoms with Crippen LogP contribution in [0.15, 0.2) is 0 Å². The number of rotatable bonds is 3. The van der Waals surface area contributed by atoms with E-state index in [1.807, 2.05) is 0 Å². The van der Waals surface area contributed by atoms with E-state index in [0.29, 0.717) is 12.0 Å². The van der Waals surface area contributed by atoms with Crippen molar-refractivity contribution in [2.24, 2.45) is 11.7 Å². The molecule has 0 saturated carbocycles. The van der Waals surface area contributed by atoms with Gasteiger partial charge in [-0.1, -0.05) is 0 Å². The molecular weight excluding hydrogens is 214 g/mol. The number of piperidine rings is 1. The van der Waals surface area contributed by atoms with Gasteiger partial charge in [0.1, 0.15) is 0 Å². The summed E-state index contributed by atoms with van der Waals surface area (Å²) in [5.74, 6) is 0.541. The Morgan fingerprint density at radius 3 is 2.53 bits per heavy atom. The highest BCUT2D eigenvalue weighted by Crippen LogP contribution is 2.19. The van der Waals surface area contributed by atoms with E-state index in [1.165, 1.54) is 25.9 Å². The minimum Gasteiger partial charge on any atom is -0.381 e. The molecule has 100 valence electrons. The van der Waals surface area contributed by atoms with Gasteiger partial charge in [0.05, 0.1) is 6.61 Å². The summed E-state index contributed by atoms with van der Waals surface area (Å²) in [6, 6.07) is 1.11. The third-order valence-corrected chi connectivity index (χ3v) is 4.31. The number of nitrogens with two attached hydrogens (primary N) is 1. The highest BCUT2D eigenvalue weighted by Gasteiger charge is 2.27. The fraction of sp³-hybridized carbons (Fsp3) is 1.00. The molecule has 2 aliphatic rings. The summed E-state index contributed by atoms with van der Waals surface area (Å²) in [7, 11) is 4.37. The van der Waals surface area contributed by atoms with E-state index in [-0.39, 0.29) is 0 Å². The van der Waals surface area contributed by atoms with Crippen LogP contribution in [-0.4, -0.2) is 68.8 Å². The Labute approximate surface area is 105 Å². The molecular formula is C13H27N3O. The van der Waals surface area contributed by atoms with Crippen LogP contribution in [0, 0.1) is 5.92 Å². The van der Waals surface area contributed by atoms with E-state index in [9.17, 15) is 0 Å². The topological polar surface area (TPSA) is 41.7 Å². The zero-order chi connectivity index (χ0) is 12.3. The van der Waals surface area contributed by atoms with Crippen molar-refractivity contribution in [2.75, 3.05) is 46.9 Å². The Kier molecular flexibility index (Phi) is 4.79. The average molecular weight is 241 g/mol. The molecule has 2 fully saturated rings. The first-order valence-corrected chi connectivity index (χ1v) is 6.89. The van der Waals surface area contributed by atoms with Crippen molar-refractivity contribution in [3.8, 4) is 0 Å². The van der Waals surface area contributed by atoms with Gasteiger partial charge in [0, 0.05) is 31.2 Å². The second-order valence-electron chi connectivity index (χ2n) is 5.78. The normalized spacial score (nSPS) is 33.2. The molecule has 0 aromatic heterocycles. The predicted octanol–water partition coefficient (Wildman–Crippen LogP) is 0.376. The smallest absolute Gasteiger partial charge is 0.0521 e. The monoisotopic (exact) mass is 241 g/mol. The minimum atomic E-state index is 0.343. The number of ether oxygens (including phenoxy) is 1. The summed E-state index contributed by atoms with van der Waals surface area (Å²) in [5.41, 5.74) is 6.16. The molecule has 2 saturated heterocycles. The maximum atomic E-state index is 6.16. The third-order valence-electron chi connectivity index (χ3n) is 4.31. The summed E-state index contributed by atoms with van der Waals surface area (Å²) in [5, 5.41) is 0. The highest BCUT2D eigenvalue weighted by atomic mass is 16.5. The fourth-order valence-corrected chi connectivity index (χ4v) is 2.95. The van der Waals surface area contributed by atoms with Crippen LogP contribution in [0.3, 0.4) is 0 Å². The van der Waals surface area contributed by atoms with Crippen LogP contribution in [0.2, 0.25) is 0 Å². The first kappa shape index (κ1) is 13.3. The predicted molar refractivity (Wildman–Crippen MR) is 70.1 cm³/mol. The molecule has 0 bridgehead atoms. The zero-order valence-electron chi connectivity index (χ0n) is 11.3. The van der Waals surface area contributed by atoms with Gasteiger partial charge < -0.3 is 20.3 Å². The van der Waals surface area contributed by atoms with Crippen LogP contribution in [0.1, 0.15) is 19.3 Å². The molecule has 0 aliphatic carbocycles. The molecule has 0 radical (unpaired) electrons. The number of hydrogen-bond acceptors (Lipinski definition) is 4. The molecule has 0 spiro atoms. The SMILES string of the molecule is CN(C)C1CCN(CC2COCCC2N)CC1. The van der Waals surface area contributed by atoms with E-state index in [1.54, 1.807) is 0 Å². The maximum absolute atomic E-state index is 6.16. The van der Waals surface area contributed by atoms with Crippen molar-refractivity contribution < 1.29 is 4.74 Å². The Morgan fingerprint density at radius 2 is 1.94 bits per heavy atom. The Balaban J connectivity index is 1.73. The second-order valence-corrected chi connectivity index (χ2v) is 5.78. The van der Waals surface area contributed by atoms with Crippen LogP contribution in [-0.2, 0) is 4.74 Å². The third kappa shape index (κ3) is 3.65. The van der Waals surface area contributed by atoms with Crippen LogP contribution >= 0.6 is 0 Å². The van der Waals surface area contributed by atoms with Crippen LogP contribution < -0.4 is 5.73 Å². The first-order chi connectivity index (χ1) is 8.16. The van der Waals surface area contributed by atoms with Gasteiger partial charge >= 0.3 is 0 Å².